The van der Waals surface area contributed by atoms with Crippen molar-refractivity contribution in [3.8, 4) is 0 Å². The molecular weight excluding hydrogens is 318 g/mol. The van der Waals surface area contributed by atoms with E-state index in [4.69, 9.17) is 0 Å². The van der Waals surface area contributed by atoms with Gasteiger partial charge in [0.05, 0.1) is 6.04 Å². The molecular formula is C16H20BrNS. The van der Waals surface area contributed by atoms with E-state index < -0.39 is 0 Å². The van der Waals surface area contributed by atoms with Crippen LogP contribution in [0.15, 0.2) is 46.3 Å². The first-order valence-electron chi connectivity index (χ1n) is 6.59. The van der Waals surface area contributed by atoms with E-state index in [1.807, 2.05) is 11.3 Å². The van der Waals surface area contributed by atoms with E-state index in [-0.39, 0.29) is 5.41 Å². The maximum absolute atomic E-state index is 3.67. The summed E-state index contributed by atoms with van der Waals surface area (Å²) in [5.74, 6) is 0. The van der Waals surface area contributed by atoms with E-state index in [1.165, 1.54) is 14.9 Å². The number of benzene rings is 1. The lowest BCUT2D eigenvalue weighted by Gasteiger charge is -2.35. The Hall–Kier alpha value is -0.640. The van der Waals surface area contributed by atoms with Gasteiger partial charge in [0.25, 0.3) is 0 Å². The highest BCUT2D eigenvalue weighted by Crippen LogP contribution is 2.41. The van der Waals surface area contributed by atoms with Crippen LogP contribution in [-0.4, -0.2) is 6.54 Å². The molecule has 0 spiro atoms. The van der Waals surface area contributed by atoms with Gasteiger partial charge in [-0.2, -0.15) is 0 Å². The largest absolute Gasteiger partial charge is 0.309 e. The van der Waals surface area contributed by atoms with Gasteiger partial charge in [0.15, 0.2) is 0 Å². The molecule has 1 unspecified atom stereocenters. The molecule has 0 radical (unpaired) electrons. The van der Waals surface area contributed by atoms with Crippen molar-refractivity contribution in [1.29, 1.82) is 0 Å². The van der Waals surface area contributed by atoms with Crippen molar-refractivity contribution in [2.45, 2.75) is 32.2 Å². The standard InChI is InChI=1S/C16H20BrNS/c1-4-18-15(14-13(17)10-11-19-14)16(2,3)12-8-6-5-7-9-12/h5-11,15,18H,4H2,1-3H3. The zero-order valence-electron chi connectivity index (χ0n) is 11.6. The van der Waals surface area contributed by atoms with Crippen LogP contribution < -0.4 is 5.32 Å². The molecule has 2 rings (SSSR count). The third kappa shape index (κ3) is 3.10. The quantitative estimate of drug-likeness (QED) is 0.796. The predicted octanol–water partition coefficient (Wildman–Crippen LogP) is 5.14. The summed E-state index contributed by atoms with van der Waals surface area (Å²) in [4.78, 5) is 1.37. The average Bonchev–Trinajstić information content (AvgIpc) is 2.83. The normalized spacial score (nSPS) is 13.5. The van der Waals surface area contributed by atoms with Crippen LogP contribution in [-0.2, 0) is 5.41 Å². The maximum atomic E-state index is 3.67. The summed E-state index contributed by atoms with van der Waals surface area (Å²) in [7, 11) is 0. The second kappa shape index (κ2) is 6.21. The van der Waals surface area contributed by atoms with Crippen molar-refractivity contribution >= 4 is 27.3 Å². The zero-order chi connectivity index (χ0) is 13.9. The molecule has 1 heterocycles. The fourth-order valence-corrected chi connectivity index (χ4v) is 4.29. The maximum Gasteiger partial charge on any atom is 0.0518 e. The van der Waals surface area contributed by atoms with Crippen molar-refractivity contribution in [3.05, 3.63) is 56.7 Å². The van der Waals surface area contributed by atoms with E-state index in [0.717, 1.165) is 6.54 Å². The molecule has 1 aromatic heterocycles. The number of likely N-dealkylation sites (N-methyl/N-ethyl adjacent to an activating group) is 1. The van der Waals surface area contributed by atoms with E-state index in [9.17, 15) is 0 Å². The van der Waals surface area contributed by atoms with E-state index in [2.05, 4.69) is 83.8 Å². The van der Waals surface area contributed by atoms with Crippen LogP contribution in [0.5, 0.6) is 0 Å². The first kappa shape index (κ1) is 14.8. The van der Waals surface area contributed by atoms with E-state index in [1.54, 1.807) is 0 Å². The van der Waals surface area contributed by atoms with Gasteiger partial charge in [-0.3, -0.25) is 0 Å². The number of rotatable bonds is 5. The molecule has 0 saturated heterocycles. The third-order valence-corrected chi connectivity index (χ3v) is 5.49. The fraction of sp³-hybridized carbons (Fsp3) is 0.375. The van der Waals surface area contributed by atoms with Crippen molar-refractivity contribution in [2.24, 2.45) is 0 Å². The van der Waals surface area contributed by atoms with Crippen LogP contribution in [0.25, 0.3) is 0 Å². The fourth-order valence-electron chi connectivity index (χ4n) is 2.43. The molecule has 0 bridgehead atoms. The Balaban J connectivity index is 2.41. The summed E-state index contributed by atoms with van der Waals surface area (Å²) in [5, 5.41) is 5.79. The predicted molar refractivity (Wildman–Crippen MR) is 87.9 cm³/mol. The van der Waals surface area contributed by atoms with Gasteiger partial charge >= 0.3 is 0 Å². The van der Waals surface area contributed by atoms with Gasteiger partial charge in [0, 0.05) is 14.8 Å². The SMILES string of the molecule is CCNC(c1sccc1Br)C(C)(C)c1ccccc1. The van der Waals surface area contributed by atoms with Gasteiger partial charge in [0.2, 0.25) is 0 Å². The summed E-state index contributed by atoms with van der Waals surface area (Å²) in [5.41, 5.74) is 1.41. The second-order valence-corrected chi connectivity index (χ2v) is 7.01. The molecule has 0 aliphatic carbocycles. The highest BCUT2D eigenvalue weighted by atomic mass is 79.9. The van der Waals surface area contributed by atoms with Crippen molar-refractivity contribution < 1.29 is 0 Å². The molecule has 0 amide bonds. The molecule has 19 heavy (non-hydrogen) atoms. The number of hydrogen-bond acceptors (Lipinski definition) is 2. The first-order valence-corrected chi connectivity index (χ1v) is 8.26. The third-order valence-electron chi connectivity index (χ3n) is 3.55. The van der Waals surface area contributed by atoms with Crippen LogP contribution in [0, 0.1) is 0 Å². The minimum absolute atomic E-state index is 0.0463. The van der Waals surface area contributed by atoms with Gasteiger partial charge in [-0.05, 0) is 39.5 Å². The monoisotopic (exact) mass is 337 g/mol. The molecule has 102 valence electrons. The molecule has 0 aliphatic heterocycles. The van der Waals surface area contributed by atoms with E-state index in [0.29, 0.717) is 6.04 Å². The van der Waals surface area contributed by atoms with Gasteiger partial charge < -0.3 is 5.32 Å². The smallest absolute Gasteiger partial charge is 0.0518 e. The molecule has 1 nitrogen and oxygen atoms in total. The highest BCUT2D eigenvalue weighted by Gasteiger charge is 2.33. The molecule has 2 aromatic rings. The Labute approximate surface area is 128 Å². The lowest BCUT2D eigenvalue weighted by molar-refractivity contribution is 0.358. The molecule has 1 N–H and O–H groups in total. The summed E-state index contributed by atoms with van der Waals surface area (Å²) >= 11 is 5.48. The topological polar surface area (TPSA) is 12.0 Å². The molecule has 0 aliphatic rings. The average molecular weight is 338 g/mol. The van der Waals surface area contributed by atoms with Crippen LogP contribution in [0.2, 0.25) is 0 Å². The minimum Gasteiger partial charge on any atom is -0.309 e. The summed E-state index contributed by atoms with van der Waals surface area (Å²) < 4.78 is 1.20. The Kier molecular flexibility index (Phi) is 4.82. The van der Waals surface area contributed by atoms with Gasteiger partial charge in [-0.1, -0.05) is 51.1 Å². The van der Waals surface area contributed by atoms with Crippen LogP contribution in [0.1, 0.15) is 37.3 Å². The van der Waals surface area contributed by atoms with Gasteiger partial charge in [-0.15, -0.1) is 11.3 Å². The molecule has 0 saturated carbocycles. The highest BCUT2D eigenvalue weighted by molar-refractivity contribution is 9.10. The lowest BCUT2D eigenvalue weighted by atomic mass is 9.77. The Morgan fingerprint density at radius 2 is 1.89 bits per heavy atom. The molecule has 1 atom stereocenters. The second-order valence-electron chi connectivity index (χ2n) is 5.21. The Bertz CT molecular complexity index is 519. The summed E-state index contributed by atoms with van der Waals surface area (Å²) in [6.07, 6.45) is 0. The lowest BCUT2D eigenvalue weighted by Crippen LogP contribution is -2.37. The number of nitrogens with one attached hydrogen (secondary N) is 1. The van der Waals surface area contributed by atoms with Gasteiger partial charge in [-0.25, -0.2) is 0 Å². The van der Waals surface area contributed by atoms with Crippen molar-refractivity contribution in [2.75, 3.05) is 6.54 Å². The Morgan fingerprint density at radius 3 is 2.42 bits per heavy atom. The number of halogens is 1. The molecule has 0 fully saturated rings. The summed E-state index contributed by atoms with van der Waals surface area (Å²) in [6.45, 7) is 7.74. The van der Waals surface area contributed by atoms with Crippen LogP contribution in [0.3, 0.4) is 0 Å². The van der Waals surface area contributed by atoms with Crippen LogP contribution in [0.4, 0.5) is 0 Å². The first-order chi connectivity index (χ1) is 9.07. The van der Waals surface area contributed by atoms with Crippen molar-refractivity contribution in [1.82, 2.24) is 5.32 Å². The van der Waals surface area contributed by atoms with Gasteiger partial charge in [0.1, 0.15) is 0 Å². The Morgan fingerprint density at radius 1 is 1.21 bits per heavy atom. The molecule has 1 aromatic carbocycles. The van der Waals surface area contributed by atoms with Crippen molar-refractivity contribution in [3.63, 3.8) is 0 Å². The number of hydrogen-bond donors (Lipinski definition) is 1. The zero-order valence-corrected chi connectivity index (χ0v) is 14.0. The molecule has 3 heteroatoms. The van der Waals surface area contributed by atoms with E-state index >= 15 is 0 Å². The number of thiophene rings is 1. The summed E-state index contributed by atoms with van der Waals surface area (Å²) in [6, 6.07) is 13.2. The minimum atomic E-state index is 0.0463. The van der Waals surface area contributed by atoms with Crippen LogP contribution >= 0.6 is 27.3 Å².